The van der Waals surface area contributed by atoms with Crippen molar-refractivity contribution in [3.05, 3.63) is 58.1 Å². The van der Waals surface area contributed by atoms with Crippen molar-refractivity contribution in [1.29, 1.82) is 0 Å². The Labute approximate surface area is 144 Å². The molecule has 5 heteroatoms. The normalized spacial score (nSPS) is 11.5. The minimum absolute atomic E-state index is 0.362. The third-order valence-electron chi connectivity index (χ3n) is 4.43. The zero-order valence-corrected chi connectivity index (χ0v) is 15.8. The maximum atomic E-state index is 12.7. The topological polar surface area (TPSA) is 55.4 Å². The molecule has 0 spiro atoms. The standard InChI is InChI=1S/C19H25NO3S/c1-13-12-14(2)16(4)19(15(13)3)24(21,22)20-11-10-17-6-8-18(23-5)9-7-17/h6-9,12,20H,10-11H2,1-5H3. The number of hydrogen-bond acceptors (Lipinski definition) is 3. The highest BCUT2D eigenvalue weighted by molar-refractivity contribution is 7.89. The van der Waals surface area contributed by atoms with Crippen LogP contribution in [0.5, 0.6) is 5.75 Å². The molecule has 1 N–H and O–H groups in total. The smallest absolute Gasteiger partial charge is 0.241 e. The maximum Gasteiger partial charge on any atom is 0.241 e. The minimum atomic E-state index is -3.52. The average Bonchev–Trinajstić information content (AvgIpc) is 2.53. The molecule has 0 unspecified atom stereocenters. The van der Waals surface area contributed by atoms with Crippen LogP contribution < -0.4 is 9.46 Å². The maximum absolute atomic E-state index is 12.7. The van der Waals surface area contributed by atoms with Gasteiger partial charge >= 0.3 is 0 Å². The molecule has 0 atom stereocenters. The summed E-state index contributed by atoms with van der Waals surface area (Å²) in [5, 5.41) is 0. The number of hydrogen-bond donors (Lipinski definition) is 1. The van der Waals surface area contributed by atoms with Crippen LogP contribution in [0.15, 0.2) is 35.2 Å². The van der Waals surface area contributed by atoms with Gasteiger partial charge in [0, 0.05) is 6.54 Å². The molecule has 24 heavy (non-hydrogen) atoms. The summed E-state index contributed by atoms with van der Waals surface area (Å²) in [4.78, 5) is 0.412. The van der Waals surface area contributed by atoms with Crippen LogP contribution in [0.4, 0.5) is 0 Å². The van der Waals surface area contributed by atoms with Crippen molar-refractivity contribution < 1.29 is 13.2 Å². The predicted molar refractivity (Wildman–Crippen MR) is 97.3 cm³/mol. The number of aryl methyl sites for hydroxylation is 2. The van der Waals surface area contributed by atoms with E-state index in [9.17, 15) is 8.42 Å². The molecular formula is C19H25NO3S. The van der Waals surface area contributed by atoms with Crippen molar-refractivity contribution in [3.63, 3.8) is 0 Å². The van der Waals surface area contributed by atoms with Gasteiger partial charge in [-0.15, -0.1) is 0 Å². The molecule has 2 rings (SSSR count). The molecule has 0 saturated carbocycles. The Bertz CT molecular complexity index is 798. The lowest BCUT2D eigenvalue weighted by Gasteiger charge is -2.16. The fourth-order valence-corrected chi connectivity index (χ4v) is 4.42. The van der Waals surface area contributed by atoms with Crippen LogP contribution in [0.2, 0.25) is 0 Å². The highest BCUT2D eigenvalue weighted by Crippen LogP contribution is 2.25. The Morgan fingerprint density at radius 1 is 0.958 bits per heavy atom. The number of nitrogens with one attached hydrogen (secondary N) is 1. The molecule has 0 saturated heterocycles. The second-order valence-corrected chi connectivity index (χ2v) is 7.79. The van der Waals surface area contributed by atoms with E-state index < -0.39 is 10.0 Å². The van der Waals surface area contributed by atoms with E-state index in [1.165, 1.54) is 0 Å². The SMILES string of the molecule is COc1ccc(CCNS(=O)(=O)c2c(C)c(C)cc(C)c2C)cc1. The molecule has 0 aromatic heterocycles. The highest BCUT2D eigenvalue weighted by atomic mass is 32.2. The molecule has 0 aliphatic heterocycles. The summed E-state index contributed by atoms with van der Waals surface area (Å²) >= 11 is 0. The molecule has 0 heterocycles. The number of ether oxygens (including phenoxy) is 1. The van der Waals surface area contributed by atoms with Crippen LogP contribution in [0.25, 0.3) is 0 Å². The third kappa shape index (κ3) is 3.97. The van der Waals surface area contributed by atoms with Gasteiger partial charge in [-0.05, 0) is 74.1 Å². The van der Waals surface area contributed by atoms with Crippen LogP contribution in [0.3, 0.4) is 0 Å². The van der Waals surface area contributed by atoms with Crippen LogP contribution in [-0.2, 0) is 16.4 Å². The largest absolute Gasteiger partial charge is 0.497 e. The van der Waals surface area contributed by atoms with Gasteiger partial charge in [-0.1, -0.05) is 18.2 Å². The molecule has 0 amide bonds. The van der Waals surface area contributed by atoms with Crippen molar-refractivity contribution in [2.75, 3.05) is 13.7 Å². The van der Waals surface area contributed by atoms with Crippen molar-refractivity contribution in [3.8, 4) is 5.75 Å². The average molecular weight is 347 g/mol. The third-order valence-corrected chi connectivity index (χ3v) is 6.16. The van der Waals surface area contributed by atoms with E-state index >= 15 is 0 Å². The van der Waals surface area contributed by atoms with Crippen LogP contribution in [0, 0.1) is 27.7 Å². The molecule has 0 fully saturated rings. The molecule has 0 aliphatic carbocycles. The lowest BCUT2D eigenvalue weighted by Crippen LogP contribution is -2.27. The van der Waals surface area contributed by atoms with E-state index in [0.717, 1.165) is 33.6 Å². The van der Waals surface area contributed by atoms with E-state index in [-0.39, 0.29) is 0 Å². The number of rotatable bonds is 6. The Kier molecular flexibility index (Phi) is 5.67. The summed E-state index contributed by atoms with van der Waals surface area (Å²) in [5.41, 5.74) is 4.68. The Balaban J connectivity index is 2.14. The lowest BCUT2D eigenvalue weighted by atomic mass is 10.0. The molecule has 0 bridgehead atoms. The van der Waals surface area contributed by atoms with Gasteiger partial charge in [-0.3, -0.25) is 0 Å². The molecular weight excluding hydrogens is 322 g/mol. The molecule has 2 aromatic rings. The van der Waals surface area contributed by atoms with Crippen molar-refractivity contribution >= 4 is 10.0 Å². The Morgan fingerprint density at radius 2 is 1.50 bits per heavy atom. The van der Waals surface area contributed by atoms with Gasteiger partial charge in [0.05, 0.1) is 12.0 Å². The summed E-state index contributed by atoms with van der Waals surface area (Å²) in [7, 11) is -1.90. The van der Waals surface area contributed by atoms with Gasteiger partial charge in [-0.2, -0.15) is 0 Å². The highest BCUT2D eigenvalue weighted by Gasteiger charge is 2.21. The zero-order valence-electron chi connectivity index (χ0n) is 14.9. The van der Waals surface area contributed by atoms with Crippen LogP contribution in [-0.4, -0.2) is 22.1 Å². The van der Waals surface area contributed by atoms with Gasteiger partial charge in [0.15, 0.2) is 0 Å². The number of benzene rings is 2. The Morgan fingerprint density at radius 3 is 2.00 bits per heavy atom. The first-order valence-electron chi connectivity index (χ1n) is 7.96. The first kappa shape index (κ1) is 18.5. The van der Waals surface area contributed by atoms with Crippen LogP contribution in [0.1, 0.15) is 27.8 Å². The molecule has 0 aliphatic rings. The quantitative estimate of drug-likeness (QED) is 0.871. The number of sulfonamides is 1. The second-order valence-electron chi connectivity index (χ2n) is 6.09. The first-order chi connectivity index (χ1) is 11.3. The van der Waals surface area contributed by atoms with Crippen LogP contribution >= 0.6 is 0 Å². The summed E-state index contributed by atoms with van der Waals surface area (Å²) in [6, 6.07) is 9.67. The fourth-order valence-electron chi connectivity index (χ4n) is 2.78. The van der Waals surface area contributed by atoms with Crippen molar-refractivity contribution in [2.45, 2.75) is 39.0 Å². The van der Waals surface area contributed by atoms with Gasteiger partial charge in [0.2, 0.25) is 10.0 Å². The van der Waals surface area contributed by atoms with E-state index in [4.69, 9.17) is 4.74 Å². The summed E-state index contributed by atoms with van der Waals surface area (Å²) in [6.45, 7) is 7.97. The van der Waals surface area contributed by atoms with E-state index in [1.54, 1.807) is 7.11 Å². The van der Waals surface area contributed by atoms with Gasteiger partial charge in [-0.25, -0.2) is 13.1 Å². The van der Waals surface area contributed by atoms with E-state index in [1.807, 2.05) is 58.0 Å². The van der Waals surface area contributed by atoms with Crippen molar-refractivity contribution in [1.82, 2.24) is 4.72 Å². The summed E-state index contributed by atoms with van der Waals surface area (Å²) in [6.07, 6.45) is 0.631. The molecule has 130 valence electrons. The van der Waals surface area contributed by atoms with Crippen molar-refractivity contribution in [2.24, 2.45) is 0 Å². The zero-order chi connectivity index (χ0) is 17.9. The fraction of sp³-hybridized carbons (Fsp3) is 0.368. The summed E-state index contributed by atoms with van der Waals surface area (Å²) in [5.74, 6) is 0.792. The predicted octanol–water partition coefficient (Wildman–Crippen LogP) is 3.45. The molecule has 2 aromatic carbocycles. The minimum Gasteiger partial charge on any atom is -0.497 e. The summed E-state index contributed by atoms with van der Waals surface area (Å²) < 4.78 is 33.3. The van der Waals surface area contributed by atoms with Gasteiger partial charge in [0.25, 0.3) is 0 Å². The Hall–Kier alpha value is -1.85. The second kappa shape index (κ2) is 7.36. The molecule has 0 radical (unpaired) electrons. The van der Waals surface area contributed by atoms with Gasteiger partial charge in [0.1, 0.15) is 5.75 Å². The number of methoxy groups -OCH3 is 1. The first-order valence-corrected chi connectivity index (χ1v) is 9.44. The van der Waals surface area contributed by atoms with E-state index in [0.29, 0.717) is 17.9 Å². The van der Waals surface area contributed by atoms with E-state index in [2.05, 4.69) is 4.72 Å². The monoisotopic (exact) mass is 347 g/mol. The molecule has 4 nitrogen and oxygen atoms in total. The van der Waals surface area contributed by atoms with Gasteiger partial charge < -0.3 is 4.74 Å². The lowest BCUT2D eigenvalue weighted by molar-refractivity contribution is 0.414.